The largest absolute Gasteiger partial charge is 0.396 e. The fraction of sp³-hybridized carbons (Fsp3) is 1.00. The third-order valence-corrected chi connectivity index (χ3v) is 2.38. The van der Waals surface area contributed by atoms with Crippen molar-refractivity contribution in [1.29, 1.82) is 0 Å². The van der Waals surface area contributed by atoms with Gasteiger partial charge in [-0.2, -0.15) is 0 Å². The molecular formula is C13H28O7. The van der Waals surface area contributed by atoms with Crippen molar-refractivity contribution < 1.29 is 34.3 Å². The highest BCUT2D eigenvalue weighted by atomic mass is 16.6. The molecule has 0 amide bonds. The minimum absolute atomic E-state index is 0.0884. The first-order valence-corrected chi connectivity index (χ1v) is 6.90. The molecule has 7 nitrogen and oxygen atoms in total. The van der Waals surface area contributed by atoms with Crippen molar-refractivity contribution >= 4 is 0 Å². The monoisotopic (exact) mass is 296 g/mol. The van der Waals surface area contributed by atoms with Gasteiger partial charge in [-0.3, -0.25) is 0 Å². The summed E-state index contributed by atoms with van der Waals surface area (Å²) >= 11 is 0. The predicted molar refractivity (Wildman–Crippen MR) is 72.7 cm³/mol. The fourth-order valence-corrected chi connectivity index (χ4v) is 1.39. The van der Waals surface area contributed by atoms with E-state index in [0.717, 1.165) is 0 Å². The standard InChI is InChI=1S/C13H28O7/c1-17-8-12(16)9-20-13(10-18-6-2-4-14)11-19-7-3-5-15/h12-16H,2-11H2,1H3. The first-order valence-electron chi connectivity index (χ1n) is 6.90. The highest BCUT2D eigenvalue weighted by molar-refractivity contribution is 4.59. The van der Waals surface area contributed by atoms with Crippen molar-refractivity contribution in [2.45, 2.75) is 25.0 Å². The third-order valence-electron chi connectivity index (χ3n) is 2.38. The Bertz CT molecular complexity index is 180. The number of ether oxygens (including phenoxy) is 4. The number of aliphatic hydroxyl groups is 3. The summed E-state index contributed by atoms with van der Waals surface area (Å²) in [5, 5.41) is 26.8. The van der Waals surface area contributed by atoms with Crippen LogP contribution in [0.5, 0.6) is 0 Å². The molecule has 0 saturated heterocycles. The second-order valence-corrected chi connectivity index (χ2v) is 4.37. The molecule has 0 bridgehead atoms. The van der Waals surface area contributed by atoms with E-state index in [0.29, 0.717) is 39.3 Å². The molecule has 0 heterocycles. The lowest BCUT2D eigenvalue weighted by Crippen LogP contribution is -2.31. The van der Waals surface area contributed by atoms with Crippen LogP contribution in [-0.4, -0.2) is 87.5 Å². The van der Waals surface area contributed by atoms with Crippen LogP contribution in [0.15, 0.2) is 0 Å². The van der Waals surface area contributed by atoms with Gasteiger partial charge in [-0.1, -0.05) is 0 Å². The lowest BCUT2D eigenvalue weighted by atomic mass is 10.3. The van der Waals surface area contributed by atoms with E-state index in [1.807, 2.05) is 0 Å². The average Bonchev–Trinajstić information content (AvgIpc) is 2.44. The summed E-state index contributed by atoms with van der Waals surface area (Å²) in [5.74, 6) is 0. The normalized spacial score (nSPS) is 13.1. The maximum absolute atomic E-state index is 9.52. The Labute approximate surface area is 120 Å². The Hall–Kier alpha value is -0.280. The smallest absolute Gasteiger partial charge is 0.104 e. The molecule has 0 aliphatic heterocycles. The number of hydrogen-bond acceptors (Lipinski definition) is 7. The van der Waals surface area contributed by atoms with Crippen molar-refractivity contribution in [2.24, 2.45) is 0 Å². The molecule has 0 aromatic carbocycles. The van der Waals surface area contributed by atoms with Gasteiger partial charge in [0.2, 0.25) is 0 Å². The molecule has 0 aliphatic carbocycles. The summed E-state index contributed by atoms with van der Waals surface area (Å²) in [6, 6.07) is 0. The summed E-state index contributed by atoms with van der Waals surface area (Å²) in [6.07, 6.45) is 0.172. The minimum atomic E-state index is -0.683. The van der Waals surface area contributed by atoms with Crippen molar-refractivity contribution in [3.8, 4) is 0 Å². The van der Waals surface area contributed by atoms with Gasteiger partial charge in [0.25, 0.3) is 0 Å². The van der Waals surface area contributed by atoms with Crippen molar-refractivity contribution in [3.05, 3.63) is 0 Å². The van der Waals surface area contributed by atoms with Gasteiger partial charge < -0.3 is 34.3 Å². The molecule has 0 aliphatic rings. The zero-order chi connectivity index (χ0) is 15.1. The molecule has 3 N–H and O–H groups in total. The Morgan fingerprint density at radius 3 is 1.85 bits per heavy atom. The first-order chi connectivity index (χ1) is 9.74. The number of methoxy groups -OCH3 is 1. The van der Waals surface area contributed by atoms with Crippen LogP contribution in [0.1, 0.15) is 12.8 Å². The summed E-state index contributed by atoms with van der Waals surface area (Å²) in [5.41, 5.74) is 0. The van der Waals surface area contributed by atoms with Crippen molar-refractivity contribution in [1.82, 2.24) is 0 Å². The Balaban J connectivity index is 3.84. The number of hydrogen-bond donors (Lipinski definition) is 3. The van der Waals surface area contributed by atoms with E-state index >= 15 is 0 Å². The maximum Gasteiger partial charge on any atom is 0.104 e. The molecular weight excluding hydrogens is 268 g/mol. The zero-order valence-electron chi connectivity index (χ0n) is 12.2. The van der Waals surface area contributed by atoms with Crippen LogP contribution in [-0.2, 0) is 18.9 Å². The maximum atomic E-state index is 9.52. The van der Waals surface area contributed by atoms with Crippen LogP contribution in [0.4, 0.5) is 0 Å². The summed E-state index contributed by atoms with van der Waals surface area (Å²) in [7, 11) is 1.51. The van der Waals surface area contributed by atoms with Gasteiger partial charge >= 0.3 is 0 Å². The Morgan fingerprint density at radius 2 is 1.40 bits per heavy atom. The topological polar surface area (TPSA) is 97.6 Å². The highest BCUT2D eigenvalue weighted by Gasteiger charge is 2.13. The molecule has 122 valence electrons. The molecule has 7 heteroatoms. The Kier molecular flexibility index (Phi) is 14.9. The molecule has 20 heavy (non-hydrogen) atoms. The molecule has 0 fully saturated rings. The van der Waals surface area contributed by atoms with Crippen LogP contribution in [0.25, 0.3) is 0 Å². The molecule has 0 rings (SSSR count). The van der Waals surface area contributed by atoms with Gasteiger partial charge in [-0.15, -0.1) is 0 Å². The van der Waals surface area contributed by atoms with Crippen LogP contribution in [0, 0.1) is 0 Å². The van der Waals surface area contributed by atoms with Crippen LogP contribution < -0.4 is 0 Å². The van der Waals surface area contributed by atoms with E-state index in [1.165, 1.54) is 7.11 Å². The van der Waals surface area contributed by atoms with Gasteiger partial charge in [0.15, 0.2) is 0 Å². The second-order valence-electron chi connectivity index (χ2n) is 4.37. The lowest BCUT2D eigenvalue weighted by Gasteiger charge is -2.20. The fourth-order valence-electron chi connectivity index (χ4n) is 1.39. The van der Waals surface area contributed by atoms with E-state index < -0.39 is 6.10 Å². The molecule has 0 spiro atoms. The van der Waals surface area contributed by atoms with Crippen molar-refractivity contribution in [2.75, 3.05) is 60.0 Å². The highest BCUT2D eigenvalue weighted by Crippen LogP contribution is 1.99. The van der Waals surface area contributed by atoms with Gasteiger partial charge in [-0.05, 0) is 12.8 Å². The molecule has 0 aromatic rings. The minimum Gasteiger partial charge on any atom is -0.396 e. The molecule has 0 saturated carbocycles. The summed E-state index contributed by atoms with van der Waals surface area (Å²) < 4.78 is 21.0. The first kappa shape index (κ1) is 19.7. The lowest BCUT2D eigenvalue weighted by molar-refractivity contribution is -0.0914. The average molecular weight is 296 g/mol. The molecule has 1 unspecified atom stereocenters. The van der Waals surface area contributed by atoms with Gasteiger partial charge in [0.1, 0.15) is 12.2 Å². The number of rotatable bonds is 15. The summed E-state index contributed by atoms with van der Waals surface area (Å²) in [4.78, 5) is 0. The Morgan fingerprint density at radius 1 is 0.850 bits per heavy atom. The van der Waals surface area contributed by atoms with Crippen LogP contribution in [0.3, 0.4) is 0 Å². The van der Waals surface area contributed by atoms with Crippen LogP contribution >= 0.6 is 0 Å². The zero-order valence-corrected chi connectivity index (χ0v) is 12.2. The molecule has 0 aromatic heterocycles. The van der Waals surface area contributed by atoms with Crippen LogP contribution in [0.2, 0.25) is 0 Å². The van der Waals surface area contributed by atoms with E-state index in [9.17, 15) is 5.11 Å². The van der Waals surface area contributed by atoms with E-state index in [-0.39, 0.29) is 32.5 Å². The third kappa shape index (κ3) is 12.7. The van der Waals surface area contributed by atoms with Crippen molar-refractivity contribution in [3.63, 3.8) is 0 Å². The summed E-state index contributed by atoms with van der Waals surface area (Å²) in [6.45, 7) is 2.10. The molecule has 1 atom stereocenters. The van der Waals surface area contributed by atoms with E-state index in [2.05, 4.69) is 0 Å². The SMILES string of the molecule is COCC(O)COC(COCCCO)COCCCO. The second kappa shape index (κ2) is 15.1. The van der Waals surface area contributed by atoms with E-state index in [4.69, 9.17) is 29.2 Å². The van der Waals surface area contributed by atoms with Gasteiger partial charge in [0.05, 0.1) is 26.4 Å². The molecule has 0 radical (unpaired) electrons. The van der Waals surface area contributed by atoms with Gasteiger partial charge in [0, 0.05) is 33.5 Å². The number of aliphatic hydroxyl groups excluding tert-OH is 3. The van der Waals surface area contributed by atoms with E-state index in [1.54, 1.807) is 0 Å². The quantitative estimate of drug-likeness (QED) is 0.340. The predicted octanol–water partition coefficient (Wildman–Crippen LogP) is -0.823. The van der Waals surface area contributed by atoms with Gasteiger partial charge in [-0.25, -0.2) is 0 Å².